The summed E-state index contributed by atoms with van der Waals surface area (Å²) in [6.07, 6.45) is 5.27. The summed E-state index contributed by atoms with van der Waals surface area (Å²) in [5, 5.41) is 7.00. The fraction of sp³-hybridized carbons (Fsp3) is 0.211. The van der Waals surface area contributed by atoms with Crippen LogP contribution in [-0.2, 0) is 29.7 Å². The van der Waals surface area contributed by atoms with E-state index in [1.165, 1.54) is 0 Å². The van der Waals surface area contributed by atoms with Crippen LogP contribution in [-0.4, -0.2) is 27.3 Å². The van der Waals surface area contributed by atoms with Crippen molar-refractivity contribution in [3.05, 3.63) is 72.2 Å². The second kappa shape index (κ2) is 8.21. The number of ether oxygens (including phenoxy) is 1. The van der Waals surface area contributed by atoms with E-state index in [1.807, 2.05) is 49.5 Å². The molecule has 0 spiro atoms. The summed E-state index contributed by atoms with van der Waals surface area (Å²) in [6.45, 7) is 0.863. The summed E-state index contributed by atoms with van der Waals surface area (Å²) in [6, 6.07) is 13.7. The Morgan fingerprint density at radius 2 is 2.00 bits per heavy atom. The van der Waals surface area contributed by atoms with Crippen molar-refractivity contribution in [2.45, 2.75) is 13.2 Å². The van der Waals surface area contributed by atoms with Gasteiger partial charge in [-0.3, -0.25) is 14.5 Å². The first-order valence-corrected chi connectivity index (χ1v) is 8.03. The molecular weight excluding hydrogens is 316 g/mol. The zero-order valence-corrected chi connectivity index (χ0v) is 14.1. The molecule has 25 heavy (non-hydrogen) atoms. The van der Waals surface area contributed by atoms with Gasteiger partial charge in [0.15, 0.2) is 0 Å². The molecule has 0 bridgehead atoms. The number of carbonyl (C=O) groups is 1. The van der Waals surface area contributed by atoms with E-state index >= 15 is 0 Å². The zero-order chi connectivity index (χ0) is 17.5. The first kappa shape index (κ1) is 16.9. The Morgan fingerprint density at radius 3 is 2.76 bits per heavy atom. The minimum atomic E-state index is -0.151. The molecule has 0 aliphatic rings. The van der Waals surface area contributed by atoms with Gasteiger partial charge < -0.3 is 10.1 Å². The number of pyridine rings is 1. The molecule has 1 aromatic carbocycles. The van der Waals surface area contributed by atoms with Crippen molar-refractivity contribution in [1.29, 1.82) is 0 Å². The van der Waals surface area contributed by atoms with Gasteiger partial charge in [-0.15, -0.1) is 0 Å². The molecule has 1 amide bonds. The van der Waals surface area contributed by atoms with E-state index in [0.29, 0.717) is 13.2 Å². The molecule has 0 aliphatic heterocycles. The van der Waals surface area contributed by atoms with Gasteiger partial charge in [-0.25, -0.2) is 0 Å². The number of nitrogens with one attached hydrogen (secondary N) is 1. The molecule has 128 valence electrons. The maximum atomic E-state index is 11.9. The fourth-order valence-electron chi connectivity index (χ4n) is 2.47. The molecule has 2 aromatic heterocycles. The molecule has 0 aliphatic carbocycles. The second-order valence-corrected chi connectivity index (χ2v) is 5.68. The predicted molar refractivity (Wildman–Crippen MR) is 94.4 cm³/mol. The molecule has 0 radical (unpaired) electrons. The van der Waals surface area contributed by atoms with Crippen LogP contribution >= 0.6 is 0 Å². The zero-order valence-electron chi connectivity index (χ0n) is 14.1. The molecule has 6 nitrogen and oxygen atoms in total. The number of amides is 1. The van der Waals surface area contributed by atoms with E-state index in [2.05, 4.69) is 15.4 Å². The molecule has 0 saturated carbocycles. The lowest BCUT2D eigenvalue weighted by Gasteiger charge is -2.08. The fourth-order valence-corrected chi connectivity index (χ4v) is 2.47. The molecule has 6 heteroatoms. The van der Waals surface area contributed by atoms with Gasteiger partial charge in [0, 0.05) is 37.7 Å². The third kappa shape index (κ3) is 4.74. The normalized spacial score (nSPS) is 10.6. The number of hydrogen-bond acceptors (Lipinski definition) is 4. The van der Waals surface area contributed by atoms with Crippen LogP contribution in [0.15, 0.2) is 61.1 Å². The van der Waals surface area contributed by atoms with Crippen molar-refractivity contribution < 1.29 is 9.53 Å². The van der Waals surface area contributed by atoms with Crippen molar-refractivity contribution in [2.24, 2.45) is 7.05 Å². The first-order chi connectivity index (χ1) is 12.2. The summed E-state index contributed by atoms with van der Waals surface area (Å²) in [5.41, 5.74) is 3.91. The Morgan fingerprint density at radius 1 is 1.16 bits per heavy atom. The number of nitrogens with zero attached hydrogens (tertiary/aromatic N) is 3. The van der Waals surface area contributed by atoms with Gasteiger partial charge in [0.2, 0.25) is 5.91 Å². The van der Waals surface area contributed by atoms with Crippen molar-refractivity contribution in [1.82, 2.24) is 20.1 Å². The highest BCUT2D eigenvalue weighted by Crippen LogP contribution is 2.17. The van der Waals surface area contributed by atoms with E-state index in [1.54, 1.807) is 23.3 Å². The SMILES string of the molecule is Cn1nccc1-c1cncc(CNC(=O)COCc2ccccc2)c1. The molecule has 1 N–H and O–H groups in total. The summed E-state index contributed by atoms with van der Waals surface area (Å²) in [4.78, 5) is 16.1. The maximum Gasteiger partial charge on any atom is 0.246 e. The Kier molecular flexibility index (Phi) is 5.53. The molecule has 0 atom stereocenters. The van der Waals surface area contributed by atoms with Gasteiger partial charge in [-0.2, -0.15) is 5.10 Å². The van der Waals surface area contributed by atoms with Gasteiger partial charge in [-0.1, -0.05) is 30.3 Å². The lowest BCUT2D eigenvalue weighted by Crippen LogP contribution is -2.27. The van der Waals surface area contributed by atoms with Gasteiger partial charge in [0.1, 0.15) is 6.61 Å². The summed E-state index contributed by atoms with van der Waals surface area (Å²) in [5.74, 6) is -0.151. The molecule has 0 fully saturated rings. The number of aryl methyl sites for hydroxylation is 1. The highest BCUT2D eigenvalue weighted by Gasteiger charge is 2.06. The van der Waals surface area contributed by atoms with Crippen LogP contribution in [0.25, 0.3) is 11.3 Å². The minimum absolute atomic E-state index is 0.0315. The van der Waals surface area contributed by atoms with Crippen molar-refractivity contribution >= 4 is 5.91 Å². The third-order valence-electron chi connectivity index (χ3n) is 3.75. The number of hydrogen-bond donors (Lipinski definition) is 1. The van der Waals surface area contributed by atoms with Crippen molar-refractivity contribution in [2.75, 3.05) is 6.61 Å². The van der Waals surface area contributed by atoms with E-state index in [9.17, 15) is 4.79 Å². The van der Waals surface area contributed by atoms with Crippen LogP contribution < -0.4 is 5.32 Å². The topological polar surface area (TPSA) is 69.0 Å². The van der Waals surface area contributed by atoms with Crippen LogP contribution in [0.2, 0.25) is 0 Å². The Hall–Kier alpha value is -2.99. The number of carbonyl (C=O) groups excluding carboxylic acids is 1. The van der Waals surface area contributed by atoms with Gasteiger partial charge in [0.05, 0.1) is 12.3 Å². The largest absolute Gasteiger partial charge is 0.367 e. The van der Waals surface area contributed by atoms with E-state index in [-0.39, 0.29) is 12.5 Å². The van der Waals surface area contributed by atoms with Crippen LogP contribution in [0.4, 0.5) is 0 Å². The highest BCUT2D eigenvalue weighted by molar-refractivity contribution is 5.77. The van der Waals surface area contributed by atoms with E-state index < -0.39 is 0 Å². The van der Waals surface area contributed by atoms with E-state index in [0.717, 1.165) is 22.4 Å². The lowest BCUT2D eigenvalue weighted by molar-refractivity contribution is -0.126. The summed E-state index contributed by atoms with van der Waals surface area (Å²) in [7, 11) is 1.88. The standard InChI is InChI=1S/C19H20N4O2/c1-23-18(7-8-22-23)17-9-16(10-20-12-17)11-21-19(24)14-25-13-15-5-3-2-4-6-15/h2-10,12H,11,13-14H2,1H3,(H,21,24). The molecule has 0 saturated heterocycles. The van der Waals surface area contributed by atoms with Crippen LogP contribution in [0, 0.1) is 0 Å². The average molecular weight is 336 g/mol. The Labute approximate surface area is 146 Å². The molecule has 0 unspecified atom stereocenters. The monoisotopic (exact) mass is 336 g/mol. The first-order valence-electron chi connectivity index (χ1n) is 8.03. The summed E-state index contributed by atoms with van der Waals surface area (Å²) >= 11 is 0. The number of rotatable bonds is 7. The maximum absolute atomic E-state index is 11.9. The predicted octanol–water partition coefficient (Wildman–Crippen LogP) is 2.32. The smallest absolute Gasteiger partial charge is 0.246 e. The van der Waals surface area contributed by atoms with Gasteiger partial charge in [0.25, 0.3) is 0 Å². The highest BCUT2D eigenvalue weighted by atomic mass is 16.5. The van der Waals surface area contributed by atoms with Gasteiger partial charge in [-0.05, 0) is 23.3 Å². The third-order valence-corrected chi connectivity index (χ3v) is 3.75. The van der Waals surface area contributed by atoms with Crippen LogP contribution in [0.3, 0.4) is 0 Å². The molecular formula is C19H20N4O2. The van der Waals surface area contributed by atoms with Gasteiger partial charge >= 0.3 is 0 Å². The Balaban J connectivity index is 1.48. The molecule has 2 heterocycles. The van der Waals surface area contributed by atoms with Crippen LogP contribution in [0.5, 0.6) is 0 Å². The quantitative estimate of drug-likeness (QED) is 0.719. The molecule has 3 rings (SSSR count). The van der Waals surface area contributed by atoms with Crippen molar-refractivity contribution in [3.63, 3.8) is 0 Å². The number of benzene rings is 1. The Bertz CT molecular complexity index is 830. The number of aromatic nitrogens is 3. The van der Waals surface area contributed by atoms with E-state index in [4.69, 9.17) is 4.74 Å². The van der Waals surface area contributed by atoms with Crippen LogP contribution in [0.1, 0.15) is 11.1 Å². The minimum Gasteiger partial charge on any atom is -0.367 e. The lowest BCUT2D eigenvalue weighted by atomic mass is 10.1. The molecule has 3 aromatic rings. The average Bonchev–Trinajstić information content (AvgIpc) is 3.07. The second-order valence-electron chi connectivity index (χ2n) is 5.68. The van der Waals surface area contributed by atoms with Crippen molar-refractivity contribution in [3.8, 4) is 11.3 Å². The summed E-state index contributed by atoms with van der Waals surface area (Å²) < 4.78 is 7.22.